The summed E-state index contributed by atoms with van der Waals surface area (Å²) in [6, 6.07) is 0. The number of ether oxygens (including phenoxy) is 4. The molecule has 0 radical (unpaired) electrons. The van der Waals surface area contributed by atoms with Crippen LogP contribution >= 0.6 is 31.3 Å². The first-order valence-corrected chi connectivity index (χ1v) is 30.4. The van der Waals surface area contributed by atoms with Crippen LogP contribution in [0.4, 0.5) is 5.82 Å². The van der Waals surface area contributed by atoms with Crippen molar-refractivity contribution in [3.8, 4) is 23.7 Å². The Kier molecular flexibility index (Phi) is 21.3. The van der Waals surface area contributed by atoms with Crippen molar-refractivity contribution in [3.63, 3.8) is 0 Å². The summed E-state index contributed by atoms with van der Waals surface area (Å²) in [6.45, 7) is -1.18. The maximum Gasteiger partial charge on any atom is 0.490 e. The summed E-state index contributed by atoms with van der Waals surface area (Å²) in [4.78, 5) is 130. The van der Waals surface area contributed by atoms with Gasteiger partial charge in [-0.25, -0.2) is 37.3 Å². The van der Waals surface area contributed by atoms with Crippen molar-refractivity contribution in [3.05, 3.63) is 99.3 Å². The number of methoxy groups -OCH3 is 1. The number of nitrogens with two attached hydrogens (primary N) is 1. The normalized spacial score (nSPS) is 24.7. The summed E-state index contributed by atoms with van der Waals surface area (Å²) in [6.07, 6.45) is -3.77. The molecular formula is C42H55N11O26P4. The van der Waals surface area contributed by atoms with Crippen LogP contribution in [-0.2, 0) is 77.2 Å². The van der Waals surface area contributed by atoms with E-state index in [0.29, 0.717) is 31.4 Å². The van der Waals surface area contributed by atoms with Crippen molar-refractivity contribution in [1.82, 2.24) is 49.0 Å². The molecule has 41 heteroatoms. The number of aliphatic hydroxyl groups is 2. The van der Waals surface area contributed by atoms with Gasteiger partial charge in [-0.2, -0.15) is 13.6 Å². The van der Waals surface area contributed by atoms with Crippen molar-refractivity contribution in [2.24, 2.45) is 0 Å². The van der Waals surface area contributed by atoms with Crippen LogP contribution in [0.25, 0.3) is 0 Å². The van der Waals surface area contributed by atoms with E-state index in [2.05, 4.69) is 67.4 Å². The molecule has 37 nitrogen and oxygen atoms in total. The number of aryl methyl sites for hydroxylation is 2. The lowest BCUT2D eigenvalue weighted by atomic mass is 10.1. The number of aromatic amines is 2. The van der Waals surface area contributed by atoms with Gasteiger partial charge in [0.2, 0.25) is 5.91 Å². The number of hydrogen-bond donors (Lipinski definition) is 11. The molecule has 1 amide bonds. The number of aliphatic hydroxyl groups excluding tert-OH is 2. The lowest BCUT2D eigenvalue weighted by Crippen LogP contribution is -2.33. The van der Waals surface area contributed by atoms with Gasteiger partial charge in [-0.3, -0.25) is 51.6 Å². The van der Waals surface area contributed by atoms with Gasteiger partial charge in [0.05, 0.1) is 49.8 Å². The van der Waals surface area contributed by atoms with E-state index >= 15 is 0 Å². The molecule has 3 fully saturated rings. The highest BCUT2D eigenvalue weighted by atomic mass is 31.3. The molecule has 0 aliphatic carbocycles. The summed E-state index contributed by atoms with van der Waals surface area (Å²) in [5, 5.41) is 30.9. The Bertz CT molecular complexity index is 3670. The van der Waals surface area contributed by atoms with E-state index in [9.17, 15) is 71.9 Å². The van der Waals surface area contributed by atoms with Crippen molar-refractivity contribution < 1.29 is 98.9 Å². The number of unbranched alkanes of at least 4 members (excludes halogenated alkanes) is 2. The van der Waals surface area contributed by atoms with Crippen molar-refractivity contribution in [2.75, 3.05) is 39.2 Å². The van der Waals surface area contributed by atoms with Gasteiger partial charge in [-0.05, 0) is 26.2 Å². The van der Waals surface area contributed by atoms with E-state index in [-0.39, 0.29) is 54.9 Å². The number of anilines is 1. The zero-order valence-corrected chi connectivity index (χ0v) is 47.0. The molecule has 12 atom stereocenters. The molecule has 3 saturated heterocycles. The molecule has 3 aliphatic rings. The van der Waals surface area contributed by atoms with Gasteiger partial charge >= 0.3 is 48.4 Å². The number of H-pyrrole nitrogens is 2. The quantitative estimate of drug-likeness (QED) is 0.0191. The summed E-state index contributed by atoms with van der Waals surface area (Å²) < 4.78 is 97.0. The third kappa shape index (κ3) is 18.0. The second-order valence-electron chi connectivity index (χ2n) is 18.3. The van der Waals surface area contributed by atoms with Crippen molar-refractivity contribution in [1.29, 1.82) is 0 Å². The predicted molar refractivity (Wildman–Crippen MR) is 275 cm³/mol. The van der Waals surface area contributed by atoms with Crippen LogP contribution in [0.3, 0.4) is 0 Å². The SMILES string of the molecule is COC1C[C@H](n2cc(C#CCCCCc3cn(CC(=O)NCC#Cc4cn([C@@H]5C[C@H](O)[C@H](COP(=O)(O)OP(=O)(O)OP(=O)(O)O)O5)c(=O)nc4N)nn3)c(=O)[nH]c2=O)O[C@@H]1COP(=O)(O)OC1C[C@H](n2cc(C)c(=O)[nH]c2=O)O[C@@H]1CO. The average Bonchev–Trinajstić information content (AvgIpc) is 4.30. The van der Waals surface area contributed by atoms with Gasteiger partial charge in [0.25, 0.3) is 11.1 Å². The van der Waals surface area contributed by atoms with Crippen LogP contribution in [0, 0.1) is 30.6 Å². The van der Waals surface area contributed by atoms with Crippen molar-refractivity contribution in [2.45, 2.75) is 114 Å². The Morgan fingerprint density at radius 1 is 0.771 bits per heavy atom. The standard InChI is InChI=1S/C42H55N11O26P4/c1-23-15-51(41(60)46-38(23)57)36-14-29(30(20-54)74-36)77-81(65,66)72-22-32-28(71-2)13-35(76-32)53-17-25(39(58)47-42(53)61)8-5-3-4-6-10-26-18-50(49-48-26)19-33(56)44-11-7-9-24-16-52(40(59)45-37(24)43)34-12-27(55)31(75-34)21-73-82(67,68)79-83(69,70)78-80(62,63)64/h15-18,27-32,34-36,54-55H,3-4,6,10-14,19-22H2,1-2H3,(H,44,56)(H,65,66)(H,67,68)(H,69,70)(H2,43,45,59)(H,46,57,60)(H,47,58,61)(H2,62,63,64)/t27-,28?,29?,30+,31-,32+,34-,35+,36+/m0/s1. The first kappa shape index (κ1) is 64.6. The molecule has 4 aromatic rings. The third-order valence-corrected chi connectivity index (χ3v) is 17.1. The van der Waals surface area contributed by atoms with E-state index in [4.69, 9.17) is 43.5 Å². The van der Waals surface area contributed by atoms with Gasteiger partial charge in [0, 0.05) is 63.1 Å². The minimum Gasteiger partial charge on any atom is -0.394 e. The number of carbonyl (C=O) groups excluding carboxylic acids is 1. The van der Waals surface area contributed by atoms with Crippen LogP contribution in [-0.4, -0.2) is 154 Å². The molecule has 4 aromatic heterocycles. The highest BCUT2D eigenvalue weighted by Gasteiger charge is 2.45. The van der Waals surface area contributed by atoms with Gasteiger partial charge in [-0.1, -0.05) is 28.9 Å². The van der Waals surface area contributed by atoms with Crippen LogP contribution < -0.4 is 39.2 Å². The molecule has 83 heavy (non-hydrogen) atoms. The number of nitrogen functional groups attached to an aromatic ring is 1. The van der Waals surface area contributed by atoms with E-state index < -0.39 is 141 Å². The first-order valence-electron chi connectivity index (χ1n) is 24.4. The number of carbonyl (C=O) groups is 1. The lowest BCUT2D eigenvalue weighted by molar-refractivity contribution is -0.121. The van der Waals surface area contributed by atoms with Crippen LogP contribution in [0.15, 0.2) is 48.8 Å². The molecule has 454 valence electrons. The smallest absolute Gasteiger partial charge is 0.394 e. The topological polar surface area (TPSA) is 523 Å². The van der Waals surface area contributed by atoms with E-state index in [1.807, 2.05) is 0 Å². The zero-order valence-electron chi connectivity index (χ0n) is 43.4. The van der Waals surface area contributed by atoms with Crippen LogP contribution in [0.1, 0.15) is 79.6 Å². The summed E-state index contributed by atoms with van der Waals surface area (Å²) in [7, 11) is -20.5. The summed E-state index contributed by atoms with van der Waals surface area (Å²) in [5.41, 5.74) is 2.63. The molecule has 0 bridgehead atoms. The largest absolute Gasteiger partial charge is 0.490 e. The van der Waals surface area contributed by atoms with Gasteiger partial charge < -0.3 is 64.7 Å². The minimum atomic E-state index is -5.80. The number of nitrogens with zero attached hydrogens (tertiary/aromatic N) is 7. The van der Waals surface area contributed by atoms with Crippen molar-refractivity contribution >= 4 is 43.0 Å². The number of nitrogens with one attached hydrogen (secondary N) is 3. The zero-order chi connectivity index (χ0) is 60.6. The average molecular weight is 1250 g/mol. The Balaban J connectivity index is 0.830. The summed E-state index contributed by atoms with van der Waals surface area (Å²) in [5.74, 6) is 10.1. The van der Waals surface area contributed by atoms with E-state index in [1.165, 1.54) is 31.1 Å². The Morgan fingerprint density at radius 2 is 1.39 bits per heavy atom. The molecule has 7 rings (SSSR count). The van der Waals surface area contributed by atoms with E-state index in [1.54, 1.807) is 6.20 Å². The highest BCUT2D eigenvalue weighted by Crippen LogP contribution is 2.66. The Hall–Kier alpha value is -5.95. The van der Waals surface area contributed by atoms with Gasteiger partial charge in [0.15, 0.2) is 0 Å². The molecule has 5 unspecified atom stereocenters. The molecule has 12 N–H and O–H groups in total. The van der Waals surface area contributed by atoms with E-state index in [0.717, 1.165) is 19.9 Å². The second kappa shape index (κ2) is 27.4. The predicted octanol–water partition coefficient (Wildman–Crippen LogP) is -2.87. The fourth-order valence-corrected chi connectivity index (χ4v) is 12.3. The summed E-state index contributed by atoms with van der Waals surface area (Å²) >= 11 is 0. The molecule has 0 saturated carbocycles. The lowest BCUT2D eigenvalue weighted by Gasteiger charge is -2.22. The van der Waals surface area contributed by atoms with Gasteiger partial charge in [0.1, 0.15) is 61.0 Å². The number of aromatic nitrogens is 9. The number of hydrogen-bond acceptors (Lipinski definition) is 25. The Labute approximate surface area is 465 Å². The maximum atomic E-state index is 13.1. The molecule has 3 aliphatic heterocycles. The molecular weight excluding hydrogens is 1200 g/mol. The minimum absolute atomic E-state index is 0.00208. The van der Waals surface area contributed by atoms with Gasteiger partial charge in [-0.15, -0.1) is 5.10 Å². The third-order valence-electron chi connectivity index (χ3n) is 12.3. The molecule has 0 aromatic carbocycles. The van der Waals surface area contributed by atoms with Crippen LogP contribution in [0.5, 0.6) is 0 Å². The first-order chi connectivity index (χ1) is 39.0. The van der Waals surface area contributed by atoms with Crippen LogP contribution in [0.2, 0.25) is 0 Å². The number of amides is 1. The Morgan fingerprint density at radius 3 is 2.08 bits per heavy atom. The molecule has 7 heterocycles. The monoisotopic (exact) mass is 1250 g/mol. The maximum absolute atomic E-state index is 13.1. The second-order valence-corrected chi connectivity index (χ2v) is 24.2. The number of phosphoric ester groups is 2. The fraction of sp³-hybridized carbons (Fsp3) is 0.548. The number of phosphoric acid groups is 4. The number of rotatable bonds is 24. The fourth-order valence-electron chi connectivity index (χ4n) is 8.36. The molecule has 0 spiro atoms. The highest BCUT2D eigenvalue weighted by molar-refractivity contribution is 7.66.